The van der Waals surface area contributed by atoms with Crippen LogP contribution in [0, 0.1) is 23.2 Å². The van der Waals surface area contributed by atoms with Crippen LogP contribution in [-0.4, -0.2) is 10.9 Å². The number of hydrogen-bond donors (Lipinski definition) is 2. The number of rotatable bonds is 2. The fourth-order valence-electron chi connectivity index (χ4n) is 6.61. The number of nitrogens with one attached hydrogen (secondary N) is 2. The molecule has 4 heteroatoms. The summed E-state index contributed by atoms with van der Waals surface area (Å²) in [4.78, 5) is 28.4. The van der Waals surface area contributed by atoms with Gasteiger partial charge in [-0.05, 0) is 79.4 Å². The average Bonchev–Trinajstić information content (AvgIpc) is 2.58. The first-order valence-electron chi connectivity index (χ1n) is 10.7. The Bertz CT molecular complexity index is 976. The summed E-state index contributed by atoms with van der Waals surface area (Å²) in [6, 6.07) is 7.62. The Balaban J connectivity index is 1.46. The summed E-state index contributed by atoms with van der Waals surface area (Å²) < 4.78 is 0. The molecule has 0 radical (unpaired) electrons. The largest absolute Gasteiger partial charge is 0.326 e. The zero-order valence-electron chi connectivity index (χ0n) is 17.1. The highest BCUT2D eigenvalue weighted by atomic mass is 16.2. The van der Waals surface area contributed by atoms with Crippen molar-refractivity contribution < 1.29 is 4.79 Å². The lowest BCUT2D eigenvalue weighted by molar-refractivity contribution is -0.140. The molecule has 4 bridgehead atoms. The van der Waals surface area contributed by atoms with E-state index >= 15 is 0 Å². The van der Waals surface area contributed by atoms with E-state index in [-0.39, 0.29) is 22.3 Å². The summed E-state index contributed by atoms with van der Waals surface area (Å²) in [5.74, 6) is 2.44. The molecule has 1 heterocycles. The lowest BCUT2D eigenvalue weighted by Gasteiger charge is -2.55. The van der Waals surface area contributed by atoms with Gasteiger partial charge in [0.15, 0.2) is 0 Å². The standard InChI is InChI=1S/C24H30N2O2/c1-23(2,3)19-10-21(27)26-20-9-17(4-5-18(19)20)25-22(28)24-11-14-6-15(12-24)8-16(7-14)13-24/h4-5,9-10,14-16H,6-8,11-13H2,1-3H3,(H,25,28)(H,26,27). The van der Waals surface area contributed by atoms with Gasteiger partial charge in [0.1, 0.15) is 0 Å². The Kier molecular flexibility index (Phi) is 3.82. The van der Waals surface area contributed by atoms with Crippen molar-refractivity contribution in [3.8, 4) is 0 Å². The van der Waals surface area contributed by atoms with Crippen molar-refractivity contribution in [2.24, 2.45) is 23.2 Å². The van der Waals surface area contributed by atoms with E-state index in [4.69, 9.17) is 0 Å². The van der Waals surface area contributed by atoms with Crippen LogP contribution in [0.25, 0.3) is 10.9 Å². The molecule has 148 valence electrons. The first kappa shape index (κ1) is 18.0. The van der Waals surface area contributed by atoms with Gasteiger partial charge in [0.05, 0.1) is 10.9 Å². The highest BCUT2D eigenvalue weighted by Gasteiger charge is 2.54. The summed E-state index contributed by atoms with van der Waals surface area (Å²) in [5, 5.41) is 4.25. The van der Waals surface area contributed by atoms with E-state index in [9.17, 15) is 9.59 Å². The predicted molar refractivity (Wildman–Crippen MR) is 113 cm³/mol. The summed E-state index contributed by atoms with van der Waals surface area (Å²) >= 11 is 0. The fourth-order valence-corrected chi connectivity index (χ4v) is 6.61. The topological polar surface area (TPSA) is 62.0 Å². The molecule has 4 fully saturated rings. The Morgan fingerprint density at radius 2 is 1.64 bits per heavy atom. The highest BCUT2D eigenvalue weighted by molar-refractivity contribution is 5.97. The van der Waals surface area contributed by atoms with Gasteiger partial charge in [-0.15, -0.1) is 0 Å². The number of anilines is 1. The van der Waals surface area contributed by atoms with Crippen molar-refractivity contribution in [2.75, 3.05) is 5.32 Å². The molecule has 1 aromatic heterocycles. The molecule has 6 rings (SSSR count). The molecular formula is C24H30N2O2. The van der Waals surface area contributed by atoms with E-state index < -0.39 is 0 Å². The van der Waals surface area contributed by atoms with Crippen molar-refractivity contribution in [3.05, 3.63) is 40.2 Å². The monoisotopic (exact) mass is 378 g/mol. The third-order valence-electron chi connectivity index (χ3n) is 7.43. The van der Waals surface area contributed by atoms with E-state index in [1.807, 2.05) is 18.2 Å². The van der Waals surface area contributed by atoms with Crippen LogP contribution in [0.1, 0.15) is 64.9 Å². The molecule has 2 N–H and O–H groups in total. The van der Waals surface area contributed by atoms with Crippen LogP contribution in [0.4, 0.5) is 5.69 Å². The Hall–Kier alpha value is -2.10. The number of H-pyrrole nitrogens is 1. The minimum atomic E-state index is -0.162. The minimum absolute atomic E-state index is 0.0954. The Morgan fingerprint density at radius 1 is 1.04 bits per heavy atom. The number of amides is 1. The van der Waals surface area contributed by atoms with Gasteiger partial charge in [0.25, 0.3) is 0 Å². The third-order valence-corrected chi connectivity index (χ3v) is 7.43. The summed E-state index contributed by atoms with van der Waals surface area (Å²) in [6.45, 7) is 6.35. The second kappa shape index (κ2) is 5.95. The van der Waals surface area contributed by atoms with Gasteiger partial charge in [-0.25, -0.2) is 0 Å². The zero-order valence-corrected chi connectivity index (χ0v) is 17.1. The molecule has 2 aromatic rings. The number of aromatic amines is 1. The first-order chi connectivity index (χ1) is 13.2. The number of benzene rings is 1. The molecule has 4 saturated carbocycles. The fraction of sp³-hybridized carbons (Fsp3) is 0.583. The highest BCUT2D eigenvalue weighted by Crippen LogP contribution is 2.60. The van der Waals surface area contributed by atoms with Crippen molar-refractivity contribution in [1.82, 2.24) is 4.98 Å². The van der Waals surface area contributed by atoms with E-state index in [0.717, 1.165) is 59.2 Å². The van der Waals surface area contributed by atoms with Gasteiger partial charge in [0, 0.05) is 17.1 Å². The van der Waals surface area contributed by atoms with Gasteiger partial charge < -0.3 is 10.3 Å². The quantitative estimate of drug-likeness (QED) is 0.774. The molecule has 1 amide bonds. The van der Waals surface area contributed by atoms with Gasteiger partial charge >= 0.3 is 0 Å². The van der Waals surface area contributed by atoms with E-state index in [1.165, 1.54) is 19.3 Å². The van der Waals surface area contributed by atoms with Crippen LogP contribution in [0.5, 0.6) is 0 Å². The minimum Gasteiger partial charge on any atom is -0.326 e. The molecule has 0 aliphatic heterocycles. The second-order valence-corrected chi connectivity index (χ2v) is 10.7. The van der Waals surface area contributed by atoms with Gasteiger partial charge in [-0.3, -0.25) is 9.59 Å². The van der Waals surface area contributed by atoms with Gasteiger partial charge in [-0.1, -0.05) is 26.8 Å². The van der Waals surface area contributed by atoms with E-state index in [0.29, 0.717) is 0 Å². The number of carbonyl (C=O) groups is 1. The lowest BCUT2D eigenvalue weighted by atomic mass is 9.49. The first-order valence-corrected chi connectivity index (χ1v) is 10.7. The summed E-state index contributed by atoms with van der Waals surface area (Å²) in [7, 11) is 0. The Labute approximate surface area is 166 Å². The average molecular weight is 379 g/mol. The van der Waals surface area contributed by atoms with E-state index in [1.54, 1.807) is 6.07 Å². The number of fused-ring (bicyclic) bond motifs is 1. The number of hydrogen-bond acceptors (Lipinski definition) is 2. The molecule has 0 spiro atoms. The molecule has 0 saturated heterocycles. The molecule has 4 nitrogen and oxygen atoms in total. The summed E-state index contributed by atoms with van der Waals surface area (Å²) in [5.41, 5.74) is 2.24. The normalized spacial score (nSPS) is 31.3. The van der Waals surface area contributed by atoms with Crippen molar-refractivity contribution in [3.63, 3.8) is 0 Å². The van der Waals surface area contributed by atoms with Crippen LogP contribution in [-0.2, 0) is 10.2 Å². The zero-order chi connectivity index (χ0) is 19.7. The van der Waals surface area contributed by atoms with Crippen molar-refractivity contribution in [1.29, 1.82) is 0 Å². The maximum Gasteiger partial charge on any atom is 0.248 e. The Morgan fingerprint density at radius 3 is 2.21 bits per heavy atom. The van der Waals surface area contributed by atoms with E-state index in [2.05, 4.69) is 31.1 Å². The smallest absolute Gasteiger partial charge is 0.248 e. The maximum atomic E-state index is 13.3. The number of carbonyl (C=O) groups excluding carboxylic acids is 1. The molecule has 4 aliphatic rings. The predicted octanol–water partition coefficient (Wildman–Crippen LogP) is 4.98. The lowest BCUT2D eigenvalue weighted by Crippen LogP contribution is -2.51. The maximum absolute atomic E-state index is 13.3. The van der Waals surface area contributed by atoms with Crippen LogP contribution < -0.4 is 10.9 Å². The molecule has 0 atom stereocenters. The molecule has 28 heavy (non-hydrogen) atoms. The van der Waals surface area contributed by atoms with Crippen LogP contribution >= 0.6 is 0 Å². The second-order valence-electron chi connectivity index (χ2n) is 10.7. The van der Waals surface area contributed by atoms with Gasteiger partial charge in [0.2, 0.25) is 11.5 Å². The van der Waals surface area contributed by atoms with Crippen molar-refractivity contribution in [2.45, 2.75) is 64.7 Å². The number of pyridine rings is 1. The SMILES string of the molecule is CC(C)(C)c1cc(=O)[nH]c2cc(NC(=O)C34CC5CC(CC(C5)C3)C4)ccc12. The molecular weight excluding hydrogens is 348 g/mol. The molecule has 0 unspecified atom stereocenters. The van der Waals surface area contributed by atoms with Gasteiger partial charge in [-0.2, -0.15) is 0 Å². The van der Waals surface area contributed by atoms with Crippen LogP contribution in [0.2, 0.25) is 0 Å². The van der Waals surface area contributed by atoms with Crippen LogP contribution in [0.15, 0.2) is 29.1 Å². The summed E-state index contributed by atoms with van der Waals surface area (Å²) in [6.07, 6.45) is 7.17. The van der Waals surface area contributed by atoms with Crippen molar-refractivity contribution >= 4 is 22.5 Å². The molecule has 4 aliphatic carbocycles. The van der Waals surface area contributed by atoms with Crippen LogP contribution in [0.3, 0.4) is 0 Å². The molecule has 1 aromatic carbocycles. The number of aromatic nitrogens is 1. The third kappa shape index (κ3) is 2.89.